The van der Waals surface area contributed by atoms with E-state index in [2.05, 4.69) is 0 Å². The van der Waals surface area contributed by atoms with Crippen LogP contribution in [0.5, 0.6) is 0 Å². The average Bonchev–Trinajstić information content (AvgIpc) is 2.60. The van der Waals surface area contributed by atoms with Crippen molar-refractivity contribution in [2.75, 3.05) is 0 Å². The number of rotatable bonds is 3. The maximum atomic E-state index is 12.3. The number of carbonyl (C=O) groups excluding carboxylic acids is 1. The summed E-state index contributed by atoms with van der Waals surface area (Å²) < 4.78 is 3.42. The lowest BCUT2D eigenvalue weighted by molar-refractivity contribution is 0.0970. The number of pyridine rings is 1. The molecule has 0 fully saturated rings. The van der Waals surface area contributed by atoms with Crippen molar-refractivity contribution in [3.63, 3.8) is 0 Å². The van der Waals surface area contributed by atoms with Gasteiger partial charge in [-0.25, -0.2) is 0 Å². The molecule has 19 heavy (non-hydrogen) atoms. The van der Waals surface area contributed by atoms with Crippen molar-refractivity contribution in [3.05, 3.63) is 57.3 Å². The van der Waals surface area contributed by atoms with Gasteiger partial charge in [-0.3, -0.25) is 9.59 Å². The van der Waals surface area contributed by atoms with Gasteiger partial charge in [0, 0.05) is 36.3 Å². The molecule has 0 N–H and O–H groups in total. The van der Waals surface area contributed by atoms with Crippen molar-refractivity contribution in [3.8, 4) is 0 Å². The summed E-state index contributed by atoms with van der Waals surface area (Å²) in [6.45, 7) is 5.82. The van der Waals surface area contributed by atoms with Crippen LogP contribution in [0.4, 0.5) is 0 Å². The first kappa shape index (κ1) is 13.3. The van der Waals surface area contributed by atoms with E-state index in [9.17, 15) is 9.59 Å². The van der Waals surface area contributed by atoms with Gasteiger partial charge in [0.25, 0.3) is 5.56 Å². The summed E-state index contributed by atoms with van der Waals surface area (Å²) >= 11 is 0. The van der Waals surface area contributed by atoms with Crippen LogP contribution in [0.15, 0.2) is 29.2 Å². The van der Waals surface area contributed by atoms with Crippen molar-refractivity contribution in [1.82, 2.24) is 9.13 Å². The van der Waals surface area contributed by atoms with Crippen LogP contribution >= 0.6 is 0 Å². The summed E-state index contributed by atoms with van der Waals surface area (Å²) in [5.41, 5.74) is 3.42. The summed E-state index contributed by atoms with van der Waals surface area (Å²) in [6, 6.07) is 5.24. The second kappa shape index (κ2) is 4.88. The zero-order chi connectivity index (χ0) is 14.2. The molecule has 0 bridgehead atoms. The lowest BCUT2D eigenvalue weighted by Crippen LogP contribution is -2.23. The molecule has 0 amide bonds. The van der Waals surface area contributed by atoms with Crippen LogP contribution in [0.1, 0.15) is 27.3 Å². The van der Waals surface area contributed by atoms with Crippen LogP contribution in [0, 0.1) is 20.8 Å². The van der Waals surface area contributed by atoms with Crippen molar-refractivity contribution >= 4 is 5.78 Å². The van der Waals surface area contributed by atoms with E-state index in [0.717, 1.165) is 17.0 Å². The Bertz CT molecular complexity index is 693. The van der Waals surface area contributed by atoms with E-state index in [1.807, 2.05) is 44.5 Å². The fourth-order valence-corrected chi connectivity index (χ4v) is 2.11. The number of aromatic nitrogens is 2. The molecule has 0 aromatic carbocycles. The first-order chi connectivity index (χ1) is 8.90. The third kappa shape index (κ3) is 2.52. The minimum atomic E-state index is -0.140. The SMILES string of the molecule is Cc1ccn(CC(=O)c2cc(C)n(C)c2C)c(=O)c1. The average molecular weight is 258 g/mol. The van der Waals surface area contributed by atoms with Gasteiger partial charge in [0.2, 0.25) is 0 Å². The highest BCUT2D eigenvalue weighted by Gasteiger charge is 2.14. The second-order valence-corrected chi connectivity index (χ2v) is 4.94. The zero-order valence-corrected chi connectivity index (χ0v) is 11.7. The molecule has 0 atom stereocenters. The molecule has 100 valence electrons. The lowest BCUT2D eigenvalue weighted by atomic mass is 10.1. The van der Waals surface area contributed by atoms with Gasteiger partial charge in [-0.15, -0.1) is 0 Å². The molecule has 0 spiro atoms. The van der Waals surface area contributed by atoms with E-state index < -0.39 is 0 Å². The molecule has 2 aromatic rings. The first-order valence-electron chi connectivity index (χ1n) is 6.23. The molecule has 4 nitrogen and oxygen atoms in total. The Labute approximate surface area is 112 Å². The molecular weight excluding hydrogens is 240 g/mol. The van der Waals surface area contributed by atoms with Crippen molar-refractivity contribution in [1.29, 1.82) is 0 Å². The molecule has 2 heterocycles. The maximum absolute atomic E-state index is 12.3. The van der Waals surface area contributed by atoms with Gasteiger partial charge in [0.05, 0.1) is 6.54 Å². The first-order valence-corrected chi connectivity index (χ1v) is 6.23. The van der Waals surface area contributed by atoms with E-state index in [1.165, 1.54) is 10.6 Å². The normalized spacial score (nSPS) is 10.7. The summed E-state index contributed by atoms with van der Waals surface area (Å²) in [7, 11) is 1.93. The van der Waals surface area contributed by atoms with Crippen LogP contribution in [0.3, 0.4) is 0 Å². The number of hydrogen-bond acceptors (Lipinski definition) is 2. The van der Waals surface area contributed by atoms with Gasteiger partial charge in [-0.05, 0) is 38.5 Å². The van der Waals surface area contributed by atoms with Gasteiger partial charge in [0.1, 0.15) is 0 Å². The molecule has 0 aliphatic heterocycles. The summed E-state index contributed by atoms with van der Waals surface area (Å²) in [6.07, 6.45) is 1.67. The molecule has 4 heteroatoms. The zero-order valence-electron chi connectivity index (χ0n) is 11.7. The molecule has 0 unspecified atom stereocenters. The Balaban J connectivity index is 2.31. The standard InChI is InChI=1S/C15H18N2O2/c1-10-5-6-17(15(19)7-10)9-14(18)13-8-11(2)16(4)12(13)3/h5-8H,9H2,1-4H3. The van der Waals surface area contributed by atoms with E-state index in [1.54, 1.807) is 6.20 Å². The van der Waals surface area contributed by atoms with E-state index in [4.69, 9.17) is 0 Å². The largest absolute Gasteiger partial charge is 0.351 e. The van der Waals surface area contributed by atoms with E-state index >= 15 is 0 Å². The van der Waals surface area contributed by atoms with Gasteiger partial charge in [-0.2, -0.15) is 0 Å². The molecule has 0 radical (unpaired) electrons. The molecule has 2 aromatic heterocycles. The van der Waals surface area contributed by atoms with Crippen molar-refractivity contribution < 1.29 is 4.79 Å². The maximum Gasteiger partial charge on any atom is 0.251 e. The number of ketones is 1. The van der Waals surface area contributed by atoms with Crippen molar-refractivity contribution in [2.45, 2.75) is 27.3 Å². The minimum Gasteiger partial charge on any atom is -0.351 e. The molecule has 0 saturated heterocycles. The van der Waals surface area contributed by atoms with Crippen molar-refractivity contribution in [2.24, 2.45) is 7.05 Å². The fourth-order valence-electron chi connectivity index (χ4n) is 2.11. The monoisotopic (exact) mass is 258 g/mol. The second-order valence-electron chi connectivity index (χ2n) is 4.94. The third-order valence-corrected chi connectivity index (χ3v) is 3.54. The highest BCUT2D eigenvalue weighted by Crippen LogP contribution is 2.14. The van der Waals surface area contributed by atoms with Crippen LogP contribution in [0.2, 0.25) is 0 Å². The summed E-state index contributed by atoms with van der Waals surface area (Å²) in [5, 5.41) is 0. The predicted octanol–water partition coefficient (Wildman–Crippen LogP) is 1.99. The Morgan fingerprint density at radius 1 is 1.21 bits per heavy atom. The number of Topliss-reactive ketones (excluding diaryl/α,β-unsaturated/α-hetero) is 1. The fraction of sp³-hybridized carbons (Fsp3) is 0.333. The molecule has 0 saturated carbocycles. The van der Waals surface area contributed by atoms with Crippen LogP contribution < -0.4 is 5.56 Å². The van der Waals surface area contributed by atoms with Gasteiger partial charge >= 0.3 is 0 Å². The summed E-state index contributed by atoms with van der Waals surface area (Å²) in [5.74, 6) is -0.0350. The number of hydrogen-bond donors (Lipinski definition) is 0. The number of aryl methyl sites for hydroxylation is 2. The highest BCUT2D eigenvalue weighted by atomic mass is 16.1. The van der Waals surface area contributed by atoms with Crippen LogP contribution in [0.25, 0.3) is 0 Å². The molecule has 0 aliphatic rings. The number of nitrogens with zero attached hydrogens (tertiary/aromatic N) is 2. The van der Waals surface area contributed by atoms with Gasteiger partial charge in [0.15, 0.2) is 5.78 Å². The number of carbonyl (C=O) groups is 1. The topological polar surface area (TPSA) is 44.0 Å². The van der Waals surface area contributed by atoms with Gasteiger partial charge in [-0.1, -0.05) is 0 Å². The Morgan fingerprint density at radius 2 is 1.89 bits per heavy atom. The smallest absolute Gasteiger partial charge is 0.251 e. The molecular formula is C15H18N2O2. The molecule has 2 rings (SSSR count). The van der Waals surface area contributed by atoms with Gasteiger partial charge < -0.3 is 9.13 Å². The highest BCUT2D eigenvalue weighted by molar-refractivity contribution is 5.97. The summed E-state index contributed by atoms with van der Waals surface area (Å²) in [4.78, 5) is 24.0. The molecule has 0 aliphatic carbocycles. The van der Waals surface area contributed by atoms with E-state index in [-0.39, 0.29) is 17.9 Å². The quantitative estimate of drug-likeness (QED) is 0.790. The van der Waals surface area contributed by atoms with E-state index in [0.29, 0.717) is 5.56 Å². The lowest BCUT2D eigenvalue weighted by Gasteiger charge is -2.05. The van der Waals surface area contributed by atoms with Crippen LogP contribution in [-0.4, -0.2) is 14.9 Å². The predicted molar refractivity (Wildman–Crippen MR) is 74.7 cm³/mol. The Morgan fingerprint density at radius 3 is 2.42 bits per heavy atom. The minimum absolute atomic E-state index is 0.0350. The third-order valence-electron chi connectivity index (χ3n) is 3.54. The van der Waals surface area contributed by atoms with Crippen LogP contribution in [-0.2, 0) is 13.6 Å². The Hall–Kier alpha value is -2.10. The Kier molecular flexibility index (Phi) is 3.42.